The summed E-state index contributed by atoms with van der Waals surface area (Å²) in [7, 11) is 0. The molecular formula is C23H32N2O3. The number of hydrogen-bond donors (Lipinski definition) is 0. The molecule has 0 aliphatic carbocycles. The lowest BCUT2D eigenvalue weighted by Gasteiger charge is -2.39. The van der Waals surface area contributed by atoms with Crippen molar-refractivity contribution in [2.45, 2.75) is 39.0 Å². The highest BCUT2D eigenvalue weighted by Crippen LogP contribution is 2.41. The molecule has 3 aliphatic heterocycles. The molecule has 28 heavy (non-hydrogen) atoms. The summed E-state index contributed by atoms with van der Waals surface area (Å²) in [6.45, 7) is 8.59. The van der Waals surface area contributed by atoms with Crippen molar-refractivity contribution < 1.29 is 14.3 Å². The molecule has 0 atom stereocenters. The van der Waals surface area contributed by atoms with Gasteiger partial charge in [0.25, 0.3) is 5.91 Å². The molecule has 1 spiro atoms. The van der Waals surface area contributed by atoms with Crippen LogP contribution >= 0.6 is 0 Å². The van der Waals surface area contributed by atoms with Crippen LogP contribution in [0.25, 0.3) is 0 Å². The summed E-state index contributed by atoms with van der Waals surface area (Å²) in [5, 5.41) is 0. The van der Waals surface area contributed by atoms with Crippen LogP contribution in [-0.2, 0) is 4.74 Å². The van der Waals surface area contributed by atoms with Crippen LogP contribution in [0.3, 0.4) is 0 Å². The first-order valence-electron chi connectivity index (χ1n) is 10.7. The van der Waals surface area contributed by atoms with Crippen molar-refractivity contribution in [1.82, 2.24) is 9.80 Å². The van der Waals surface area contributed by atoms with E-state index in [1.807, 2.05) is 42.4 Å². The minimum atomic E-state index is 0.150. The zero-order chi connectivity index (χ0) is 19.4. The normalized spacial score (nSPS) is 22.0. The summed E-state index contributed by atoms with van der Waals surface area (Å²) in [5.41, 5.74) is 2.59. The zero-order valence-electron chi connectivity index (χ0n) is 17.0. The summed E-state index contributed by atoms with van der Waals surface area (Å²) < 4.78 is 11.0. The van der Waals surface area contributed by atoms with Crippen molar-refractivity contribution in [3.05, 3.63) is 41.7 Å². The van der Waals surface area contributed by atoms with Gasteiger partial charge in [0.1, 0.15) is 5.75 Å². The van der Waals surface area contributed by atoms with Gasteiger partial charge in [-0.05, 0) is 80.8 Å². The number of rotatable bonds is 5. The molecule has 0 saturated carbocycles. The molecule has 0 bridgehead atoms. The summed E-state index contributed by atoms with van der Waals surface area (Å²) in [5.74, 6) is 0.971. The monoisotopic (exact) mass is 384 g/mol. The Bertz CT molecular complexity index is 705. The van der Waals surface area contributed by atoms with Gasteiger partial charge >= 0.3 is 0 Å². The summed E-state index contributed by atoms with van der Waals surface area (Å²) in [6.07, 6.45) is 7.78. The summed E-state index contributed by atoms with van der Waals surface area (Å²) in [4.78, 5) is 17.5. The highest BCUT2D eigenvalue weighted by atomic mass is 16.5. The number of carbonyl (C=O) groups is 1. The summed E-state index contributed by atoms with van der Waals surface area (Å²) in [6, 6.07) is 7.55. The maximum atomic E-state index is 12.9. The second-order valence-electron chi connectivity index (χ2n) is 8.46. The first kappa shape index (κ1) is 19.3. The van der Waals surface area contributed by atoms with Crippen molar-refractivity contribution in [1.29, 1.82) is 0 Å². The quantitative estimate of drug-likeness (QED) is 0.776. The summed E-state index contributed by atoms with van der Waals surface area (Å²) >= 11 is 0. The van der Waals surface area contributed by atoms with Crippen LogP contribution in [0.1, 0.15) is 49.4 Å². The van der Waals surface area contributed by atoms with E-state index in [-0.39, 0.29) is 5.91 Å². The second-order valence-corrected chi connectivity index (χ2v) is 8.46. The molecule has 0 radical (unpaired) electrons. The van der Waals surface area contributed by atoms with Crippen LogP contribution in [0.4, 0.5) is 0 Å². The Labute approximate surface area is 168 Å². The molecule has 1 aromatic rings. The molecule has 4 rings (SSSR count). The average Bonchev–Trinajstić information content (AvgIpc) is 3.11. The first-order valence-corrected chi connectivity index (χ1v) is 10.7. The third-order valence-corrected chi connectivity index (χ3v) is 6.48. The SMILES string of the molecule is CCOc1ccc(C(=O)N2CCC3(CCN(CC4=COCCC4)C3)CC2)cc1. The van der Waals surface area contributed by atoms with Crippen LogP contribution in [0.5, 0.6) is 5.75 Å². The van der Waals surface area contributed by atoms with E-state index in [0.29, 0.717) is 12.0 Å². The number of carbonyl (C=O) groups excluding carboxylic acids is 1. The second kappa shape index (κ2) is 8.56. The Balaban J connectivity index is 1.29. The molecule has 1 aromatic carbocycles. The van der Waals surface area contributed by atoms with Crippen LogP contribution in [0.2, 0.25) is 0 Å². The molecule has 3 aliphatic rings. The topological polar surface area (TPSA) is 42.0 Å². The van der Waals surface area contributed by atoms with Gasteiger partial charge in [-0.3, -0.25) is 9.69 Å². The van der Waals surface area contributed by atoms with E-state index in [2.05, 4.69) is 4.90 Å². The van der Waals surface area contributed by atoms with E-state index >= 15 is 0 Å². The van der Waals surface area contributed by atoms with Gasteiger partial charge in [0.15, 0.2) is 0 Å². The van der Waals surface area contributed by atoms with Crippen molar-refractivity contribution >= 4 is 5.91 Å². The number of ether oxygens (including phenoxy) is 2. The molecule has 5 heteroatoms. The highest BCUT2D eigenvalue weighted by Gasteiger charge is 2.41. The van der Waals surface area contributed by atoms with E-state index in [9.17, 15) is 4.79 Å². The van der Waals surface area contributed by atoms with Crippen LogP contribution in [0, 0.1) is 5.41 Å². The van der Waals surface area contributed by atoms with Crippen molar-refractivity contribution in [2.24, 2.45) is 5.41 Å². The Morgan fingerprint density at radius 1 is 1.14 bits per heavy atom. The zero-order valence-corrected chi connectivity index (χ0v) is 17.0. The largest absolute Gasteiger partial charge is 0.501 e. The van der Waals surface area contributed by atoms with Gasteiger partial charge in [-0.2, -0.15) is 0 Å². The lowest BCUT2D eigenvalue weighted by molar-refractivity contribution is 0.0590. The Kier molecular flexibility index (Phi) is 5.90. The van der Waals surface area contributed by atoms with Gasteiger partial charge in [-0.25, -0.2) is 0 Å². The van der Waals surface area contributed by atoms with Crippen LogP contribution in [0.15, 0.2) is 36.1 Å². The highest BCUT2D eigenvalue weighted by molar-refractivity contribution is 5.94. The maximum Gasteiger partial charge on any atom is 0.253 e. The molecule has 1 amide bonds. The predicted octanol–water partition coefficient (Wildman–Crippen LogP) is 3.71. The lowest BCUT2D eigenvalue weighted by atomic mass is 9.77. The third-order valence-electron chi connectivity index (χ3n) is 6.48. The molecule has 0 N–H and O–H groups in total. The molecule has 3 heterocycles. The fourth-order valence-electron chi connectivity index (χ4n) is 4.82. The lowest BCUT2D eigenvalue weighted by Crippen LogP contribution is -2.44. The smallest absolute Gasteiger partial charge is 0.253 e. The van der Waals surface area contributed by atoms with E-state index in [1.54, 1.807) is 0 Å². The minimum Gasteiger partial charge on any atom is -0.501 e. The molecule has 0 aromatic heterocycles. The number of benzene rings is 1. The van der Waals surface area contributed by atoms with Gasteiger partial charge in [0.05, 0.1) is 19.5 Å². The molecule has 2 fully saturated rings. The standard InChI is InChI=1S/C23H32N2O3/c1-2-28-21-7-5-20(6-8-21)22(26)25-13-10-23(11-14-25)9-12-24(18-23)16-19-4-3-15-27-17-19/h5-8,17H,2-4,9-16,18H2,1H3. The van der Waals surface area contributed by atoms with Gasteiger partial charge in [0.2, 0.25) is 0 Å². The first-order chi connectivity index (χ1) is 13.7. The molecule has 2 saturated heterocycles. The molecule has 5 nitrogen and oxygen atoms in total. The van der Waals surface area contributed by atoms with E-state index in [0.717, 1.165) is 63.4 Å². The van der Waals surface area contributed by atoms with E-state index in [4.69, 9.17) is 9.47 Å². The number of hydrogen-bond acceptors (Lipinski definition) is 4. The van der Waals surface area contributed by atoms with Gasteiger partial charge in [-0.15, -0.1) is 0 Å². The van der Waals surface area contributed by atoms with Crippen molar-refractivity contribution in [3.8, 4) is 5.75 Å². The molecule has 0 unspecified atom stereocenters. The van der Waals surface area contributed by atoms with Crippen LogP contribution in [-0.4, -0.2) is 61.6 Å². The number of likely N-dealkylation sites (tertiary alicyclic amines) is 2. The fraction of sp³-hybridized carbons (Fsp3) is 0.609. The van der Waals surface area contributed by atoms with Gasteiger partial charge in [0, 0.05) is 31.7 Å². The van der Waals surface area contributed by atoms with Gasteiger partial charge < -0.3 is 14.4 Å². The Morgan fingerprint density at radius 2 is 1.89 bits per heavy atom. The number of amides is 1. The molecular weight excluding hydrogens is 352 g/mol. The van der Waals surface area contributed by atoms with Crippen molar-refractivity contribution in [2.75, 3.05) is 45.9 Å². The minimum absolute atomic E-state index is 0.150. The Hall–Kier alpha value is -2.01. The number of nitrogens with zero attached hydrogens (tertiary/aromatic N) is 2. The van der Waals surface area contributed by atoms with Gasteiger partial charge in [-0.1, -0.05) is 0 Å². The van der Waals surface area contributed by atoms with Crippen molar-refractivity contribution in [3.63, 3.8) is 0 Å². The van der Waals surface area contributed by atoms with E-state index < -0.39 is 0 Å². The maximum absolute atomic E-state index is 12.9. The Morgan fingerprint density at radius 3 is 2.57 bits per heavy atom. The molecule has 152 valence electrons. The fourth-order valence-corrected chi connectivity index (χ4v) is 4.82. The van der Waals surface area contributed by atoms with E-state index in [1.165, 1.54) is 25.0 Å². The van der Waals surface area contributed by atoms with Crippen LogP contribution < -0.4 is 4.74 Å². The predicted molar refractivity (Wildman–Crippen MR) is 110 cm³/mol. The average molecular weight is 385 g/mol. The number of piperidine rings is 1. The third kappa shape index (κ3) is 4.35.